The summed E-state index contributed by atoms with van der Waals surface area (Å²) in [7, 11) is 0. The molecular weight excluding hydrogens is 294 g/mol. The van der Waals surface area contributed by atoms with Gasteiger partial charge in [-0.05, 0) is 31.0 Å². The summed E-state index contributed by atoms with van der Waals surface area (Å²) in [4.78, 5) is 14.1. The third-order valence-corrected chi connectivity index (χ3v) is 3.53. The summed E-state index contributed by atoms with van der Waals surface area (Å²) in [6.45, 7) is 0.947. The fourth-order valence-electron chi connectivity index (χ4n) is 2.25. The van der Waals surface area contributed by atoms with Crippen molar-refractivity contribution in [2.75, 3.05) is 18.0 Å². The summed E-state index contributed by atoms with van der Waals surface area (Å²) in [6, 6.07) is 9.70. The van der Waals surface area contributed by atoms with Crippen molar-refractivity contribution in [1.29, 1.82) is 5.26 Å². The number of hydrogen-bond acceptors (Lipinski definition) is 3. The molecule has 0 saturated carbocycles. The van der Waals surface area contributed by atoms with E-state index in [1.54, 1.807) is 0 Å². The second kappa shape index (κ2) is 5.87. The number of rotatable bonds is 3. The maximum Gasteiger partial charge on any atom is 0.243 e. The number of halogens is 1. The summed E-state index contributed by atoms with van der Waals surface area (Å²) < 4.78 is 1.00. The highest BCUT2D eigenvalue weighted by molar-refractivity contribution is 9.10. The lowest BCUT2D eigenvalue weighted by Crippen LogP contribution is -2.43. The van der Waals surface area contributed by atoms with Crippen LogP contribution in [-0.4, -0.2) is 25.0 Å². The molecule has 94 valence electrons. The number of amides is 1. The van der Waals surface area contributed by atoms with Gasteiger partial charge in [0.2, 0.25) is 5.91 Å². The molecule has 1 amide bonds. The van der Waals surface area contributed by atoms with Gasteiger partial charge in [0.25, 0.3) is 0 Å². The van der Waals surface area contributed by atoms with Gasteiger partial charge in [-0.15, -0.1) is 0 Å². The van der Waals surface area contributed by atoms with Gasteiger partial charge in [-0.25, -0.2) is 0 Å². The Morgan fingerprint density at radius 2 is 2.44 bits per heavy atom. The van der Waals surface area contributed by atoms with E-state index in [-0.39, 0.29) is 18.5 Å². The van der Waals surface area contributed by atoms with Crippen LogP contribution in [0.1, 0.15) is 12.8 Å². The molecule has 18 heavy (non-hydrogen) atoms. The standard InChI is InChI=1S/C13H14BrN3O/c14-10-3-1-4-11(9-10)17-8-2-5-12(17)13(18)16-7-6-15/h1,3-4,9,12H,2,5,7-8H2,(H,16,18)/t12-/m1/s1. The second-order valence-corrected chi connectivity index (χ2v) is 5.12. The number of benzene rings is 1. The van der Waals surface area contributed by atoms with Crippen molar-refractivity contribution in [3.8, 4) is 6.07 Å². The van der Waals surface area contributed by atoms with Gasteiger partial charge >= 0.3 is 0 Å². The number of anilines is 1. The van der Waals surface area contributed by atoms with E-state index in [4.69, 9.17) is 5.26 Å². The lowest BCUT2D eigenvalue weighted by atomic mass is 10.2. The summed E-state index contributed by atoms with van der Waals surface area (Å²) in [5, 5.41) is 11.1. The monoisotopic (exact) mass is 307 g/mol. The average Bonchev–Trinajstić information content (AvgIpc) is 2.85. The molecule has 0 unspecified atom stereocenters. The quantitative estimate of drug-likeness (QED) is 0.870. The van der Waals surface area contributed by atoms with E-state index in [1.165, 1.54) is 0 Å². The Morgan fingerprint density at radius 1 is 1.61 bits per heavy atom. The first kappa shape index (κ1) is 12.9. The molecule has 0 aliphatic carbocycles. The summed E-state index contributed by atoms with van der Waals surface area (Å²) in [5.74, 6) is -0.0611. The molecule has 1 aromatic carbocycles. The van der Waals surface area contributed by atoms with E-state index in [1.807, 2.05) is 30.3 Å². The molecule has 1 aromatic rings. The first-order chi connectivity index (χ1) is 8.72. The molecule has 1 aliphatic rings. The van der Waals surface area contributed by atoms with Gasteiger partial charge in [-0.2, -0.15) is 5.26 Å². The fraction of sp³-hybridized carbons (Fsp3) is 0.385. The molecule has 1 fully saturated rings. The Kier molecular flexibility index (Phi) is 4.21. The van der Waals surface area contributed by atoms with Gasteiger partial charge in [0.1, 0.15) is 12.6 Å². The Hall–Kier alpha value is -1.54. The van der Waals surface area contributed by atoms with Gasteiger partial charge in [0, 0.05) is 16.7 Å². The van der Waals surface area contributed by atoms with Crippen molar-refractivity contribution in [2.45, 2.75) is 18.9 Å². The number of carbonyl (C=O) groups excluding carboxylic acids is 1. The van der Waals surface area contributed by atoms with Gasteiger partial charge < -0.3 is 10.2 Å². The van der Waals surface area contributed by atoms with Crippen LogP contribution in [0.25, 0.3) is 0 Å². The van der Waals surface area contributed by atoms with Gasteiger partial charge in [0.15, 0.2) is 0 Å². The zero-order chi connectivity index (χ0) is 13.0. The highest BCUT2D eigenvalue weighted by atomic mass is 79.9. The van der Waals surface area contributed by atoms with Crippen LogP contribution >= 0.6 is 15.9 Å². The van der Waals surface area contributed by atoms with Crippen molar-refractivity contribution >= 4 is 27.5 Å². The van der Waals surface area contributed by atoms with Crippen molar-refractivity contribution in [3.05, 3.63) is 28.7 Å². The zero-order valence-corrected chi connectivity index (χ0v) is 11.5. The largest absolute Gasteiger partial charge is 0.359 e. The molecule has 5 heteroatoms. The minimum atomic E-state index is -0.160. The number of nitrogens with one attached hydrogen (secondary N) is 1. The van der Waals surface area contributed by atoms with E-state index in [0.717, 1.165) is 29.5 Å². The van der Waals surface area contributed by atoms with Gasteiger partial charge in [-0.3, -0.25) is 4.79 Å². The SMILES string of the molecule is N#CCNC(=O)[C@H]1CCCN1c1cccc(Br)c1. The van der Waals surface area contributed by atoms with Crippen molar-refractivity contribution in [1.82, 2.24) is 5.32 Å². The van der Waals surface area contributed by atoms with E-state index in [2.05, 4.69) is 26.1 Å². The van der Waals surface area contributed by atoms with Crippen LogP contribution in [-0.2, 0) is 4.79 Å². The summed E-state index contributed by atoms with van der Waals surface area (Å²) in [5.41, 5.74) is 1.04. The third kappa shape index (κ3) is 2.82. The number of carbonyl (C=O) groups is 1. The minimum absolute atomic E-state index is 0.0611. The molecule has 1 N–H and O–H groups in total. The number of nitrogens with zero attached hydrogens (tertiary/aromatic N) is 2. The van der Waals surface area contributed by atoms with E-state index in [0.29, 0.717) is 0 Å². The van der Waals surface area contributed by atoms with Crippen LogP contribution in [0.5, 0.6) is 0 Å². The Balaban J connectivity index is 2.12. The molecule has 0 aromatic heterocycles. The smallest absolute Gasteiger partial charge is 0.243 e. The summed E-state index contributed by atoms with van der Waals surface area (Å²) in [6.07, 6.45) is 1.83. The lowest BCUT2D eigenvalue weighted by molar-refractivity contribution is -0.121. The van der Waals surface area contributed by atoms with Crippen LogP contribution in [0.3, 0.4) is 0 Å². The van der Waals surface area contributed by atoms with Gasteiger partial charge in [0.05, 0.1) is 6.07 Å². The molecule has 0 spiro atoms. The predicted octanol–water partition coefficient (Wildman–Crippen LogP) is 2.06. The molecule has 0 radical (unpaired) electrons. The molecule has 1 heterocycles. The van der Waals surface area contributed by atoms with Crippen LogP contribution < -0.4 is 10.2 Å². The third-order valence-electron chi connectivity index (χ3n) is 3.04. The van der Waals surface area contributed by atoms with Crippen molar-refractivity contribution in [3.63, 3.8) is 0 Å². The Labute approximate surface area is 115 Å². The summed E-state index contributed by atoms with van der Waals surface area (Å²) >= 11 is 3.44. The van der Waals surface area contributed by atoms with E-state index in [9.17, 15) is 4.79 Å². The fourth-order valence-corrected chi connectivity index (χ4v) is 2.63. The highest BCUT2D eigenvalue weighted by Crippen LogP contribution is 2.27. The van der Waals surface area contributed by atoms with Gasteiger partial charge in [-0.1, -0.05) is 22.0 Å². The Bertz CT molecular complexity index is 483. The predicted molar refractivity (Wildman–Crippen MR) is 73.1 cm³/mol. The van der Waals surface area contributed by atoms with Crippen LogP contribution in [0.15, 0.2) is 28.7 Å². The minimum Gasteiger partial charge on any atom is -0.359 e. The van der Waals surface area contributed by atoms with Crippen LogP contribution in [0.2, 0.25) is 0 Å². The number of hydrogen-bond donors (Lipinski definition) is 1. The van der Waals surface area contributed by atoms with E-state index < -0.39 is 0 Å². The normalized spacial score (nSPS) is 18.4. The maximum absolute atomic E-state index is 12.0. The second-order valence-electron chi connectivity index (χ2n) is 4.21. The molecular formula is C13H14BrN3O. The topological polar surface area (TPSA) is 56.1 Å². The first-order valence-corrected chi connectivity index (χ1v) is 6.68. The zero-order valence-electron chi connectivity index (χ0n) is 9.90. The first-order valence-electron chi connectivity index (χ1n) is 5.89. The average molecular weight is 308 g/mol. The molecule has 4 nitrogen and oxygen atoms in total. The molecule has 2 rings (SSSR count). The van der Waals surface area contributed by atoms with Crippen molar-refractivity contribution < 1.29 is 4.79 Å². The molecule has 1 saturated heterocycles. The number of nitriles is 1. The molecule has 0 bridgehead atoms. The molecule has 1 atom stereocenters. The highest BCUT2D eigenvalue weighted by Gasteiger charge is 2.30. The van der Waals surface area contributed by atoms with Crippen molar-refractivity contribution in [2.24, 2.45) is 0 Å². The lowest BCUT2D eigenvalue weighted by Gasteiger charge is -2.25. The molecule has 1 aliphatic heterocycles. The Morgan fingerprint density at radius 3 is 3.17 bits per heavy atom. The van der Waals surface area contributed by atoms with Crippen LogP contribution in [0.4, 0.5) is 5.69 Å². The van der Waals surface area contributed by atoms with Crippen LogP contribution in [0, 0.1) is 11.3 Å². The van der Waals surface area contributed by atoms with E-state index >= 15 is 0 Å². The maximum atomic E-state index is 12.0.